The van der Waals surface area contributed by atoms with Crippen LogP contribution in [0.2, 0.25) is 0 Å². The van der Waals surface area contributed by atoms with Crippen molar-refractivity contribution >= 4 is 34.9 Å². The van der Waals surface area contributed by atoms with Crippen molar-refractivity contribution in [2.24, 2.45) is 5.10 Å². The summed E-state index contributed by atoms with van der Waals surface area (Å²) in [7, 11) is 0. The number of aromatic amines is 1. The Balaban J connectivity index is 1.52. The second kappa shape index (κ2) is 6.97. The highest BCUT2D eigenvalue weighted by atomic mass is 32.2. The van der Waals surface area contributed by atoms with Gasteiger partial charge in [0.05, 0.1) is 23.0 Å². The number of carbonyl (C=O) groups excluding carboxylic acids is 1. The number of phenolic OH excluding ortho intramolecular Hbond substituents is 1. The monoisotopic (exact) mass is 326 g/mol. The van der Waals surface area contributed by atoms with Gasteiger partial charge in [0.1, 0.15) is 5.75 Å². The van der Waals surface area contributed by atoms with Crippen LogP contribution in [-0.4, -0.2) is 32.9 Å². The summed E-state index contributed by atoms with van der Waals surface area (Å²) >= 11 is 1.30. The van der Waals surface area contributed by atoms with Crippen LogP contribution in [-0.2, 0) is 4.79 Å². The van der Waals surface area contributed by atoms with E-state index in [1.54, 1.807) is 24.3 Å². The van der Waals surface area contributed by atoms with Crippen LogP contribution in [0.15, 0.2) is 58.8 Å². The number of hydrogen-bond acceptors (Lipinski definition) is 5. The SMILES string of the molecule is O=C(CSc1nc2ccccc2[nH]1)N/N=C\c1ccccc1O. The van der Waals surface area contributed by atoms with Gasteiger partial charge in [0.25, 0.3) is 5.91 Å². The number of carbonyl (C=O) groups is 1. The van der Waals surface area contributed by atoms with E-state index < -0.39 is 0 Å². The molecule has 0 unspecified atom stereocenters. The Hall–Kier alpha value is -2.80. The lowest BCUT2D eigenvalue weighted by molar-refractivity contribution is -0.118. The van der Waals surface area contributed by atoms with E-state index in [-0.39, 0.29) is 17.4 Å². The number of fused-ring (bicyclic) bond motifs is 1. The number of aromatic nitrogens is 2. The van der Waals surface area contributed by atoms with Gasteiger partial charge in [0, 0.05) is 5.56 Å². The second-order valence-electron chi connectivity index (χ2n) is 4.70. The van der Waals surface area contributed by atoms with Crippen LogP contribution >= 0.6 is 11.8 Å². The fourth-order valence-corrected chi connectivity index (χ4v) is 2.61. The zero-order valence-corrected chi connectivity index (χ0v) is 12.9. The van der Waals surface area contributed by atoms with E-state index >= 15 is 0 Å². The number of para-hydroxylation sites is 3. The van der Waals surface area contributed by atoms with Crippen molar-refractivity contribution in [1.29, 1.82) is 0 Å². The van der Waals surface area contributed by atoms with E-state index in [0.717, 1.165) is 11.0 Å². The number of H-pyrrole nitrogens is 1. The highest BCUT2D eigenvalue weighted by Gasteiger charge is 2.06. The highest BCUT2D eigenvalue weighted by molar-refractivity contribution is 7.99. The fourth-order valence-electron chi connectivity index (χ4n) is 1.93. The normalized spacial score (nSPS) is 11.1. The zero-order chi connectivity index (χ0) is 16.1. The number of rotatable bonds is 5. The van der Waals surface area contributed by atoms with Gasteiger partial charge in [-0.3, -0.25) is 4.79 Å². The number of nitrogens with zero attached hydrogens (tertiary/aromatic N) is 2. The Morgan fingerprint density at radius 3 is 2.87 bits per heavy atom. The van der Waals surface area contributed by atoms with E-state index in [1.165, 1.54) is 18.0 Å². The molecule has 0 aliphatic heterocycles. The molecule has 0 saturated heterocycles. The number of benzene rings is 2. The number of nitrogens with one attached hydrogen (secondary N) is 2. The van der Waals surface area contributed by atoms with E-state index in [4.69, 9.17) is 0 Å². The Kier molecular flexibility index (Phi) is 4.58. The van der Waals surface area contributed by atoms with Crippen LogP contribution in [0.4, 0.5) is 0 Å². The molecule has 7 heteroatoms. The first-order chi connectivity index (χ1) is 11.2. The smallest absolute Gasteiger partial charge is 0.250 e. The highest BCUT2D eigenvalue weighted by Crippen LogP contribution is 2.18. The van der Waals surface area contributed by atoms with Crippen LogP contribution in [0, 0.1) is 0 Å². The molecule has 3 rings (SSSR count). The molecule has 3 N–H and O–H groups in total. The Morgan fingerprint density at radius 2 is 2.04 bits per heavy atom. The van der Waals surface area contributed by atoms with Crippen LogP contribution in [0.1, 0.15) is 5.56 Å². The molecule has 0 saturated carbocycles. The third kappa shape index (κ3) is 3.89. The van der Waals surface area contributed by atoms with E-state index in [9.17, 15) is 9.90 Å². The fraction of sp³-hybridized carbons (Fsp3) is 0.0625. The third-order valence-electron chi connectivity index (χ3n) is 3.04. The molecule has 1 amide bonds. The maximum atomic E-state index is 11.8. The van der Waals surface area contributed by atoms with Gasteiger partial charge in [0.2, 0.25) is 0 Å². The standard InChI is InChI=1S/C16H14N4O2S/c21-14-8-4-1-5-11(14)9-17-20-15(22)10-23-16-18-12-6-2-3-7-13(12)19-16/h1-9,21H,10H2,(H,18,19)(H,20,22)/b17-9-. The molecule has 2 aromatic carbocycles. The number of thioether (sulfide) groups is 1. The predicted molar refractivity (Wildman–Crippen MR) is 90.7 cm³/mol. The topological polar surface area (TPSA) is 90.4 Å². The molecule has 1 heterocycles. The van der Waals surface area contributed by atoms with Crippen LogP contribution < -0.4 is 5.43 Å². The first kappa shape index (κ1) is 15.1. The minimum absolute atomic E-state index is 0.113. The molecule has 1 aromatic heterocycles. The number of aromatic hydroxyl groups is 1. The van der Waals surface area contributed by atoms with Crippen molar-refractivity contribution in [1.82, 2.24) is 15.4 Å². The quantitative estimate of drug-likeness (QED) is 0.382. The Morgan fingerprint density at radius 1 is 1.26 bits per heavy atom. The van der Waals surface area contributed by atoms with Crippen molar-refractivity contribution in [3.05, 3.63) is 54.1 Å². The average Bonchev–Trinajstić information content (AvgIpc) is 2.98. The molecule has 0 aliphatic rings. The molecule has 3 aromatic rings. The molecule has 0 spiro atoms. The minimum atomic E-state index is -0.248. The number of hydrazone groups is 1. The van der Waals surface area contributed by atoms with Gasteiger partial charge in [-0.05, 0) is 24.3 Å². The van der Waals surface area contributed by atoms with Gasteiger partial charge in [-0.2, -0.15) is 5.10 Å². The number of amides is 1. The van der Waals surface area contributed by atoms with Gasteiger partial charge in [-0.1, -0.05) is 36.0 Å². The van der Waals surface area contributed by atoms with Crippen molar-refractivity contribution in [2.45, 2.75) is 5.16 Å². The molecule has 6 nitrogen and oxygen atoms in total. The van der Waals surface area contributed by atoms with E-state index in [1.807, 2.05) is 24.3 Å². The average molecular weight is 326 g/mol. The summed E-state index contributed by atoms with van der Waals surface area (Å²) < 4.78 is 0. The molecular formula is C16H14N4O2S. The van der Waals surface area contributed by atoms with Crippen molar-refractivity contribution in [2.75, 3.05) is 5.75 Å². The number of phenols is 1. The molecule has 0 bridgehead atoms. The van der Waals surface area contributed by atoms with Crippen molar-refractivity contribution < 1.29 is 9.90 Å². The molecule has 0 radical (unpaired) electrons. The van der Waals surface area contributed by atoms with Crippen molar-refractivity contribution in [3.8, 4) is 5.75 Å². The summed E-state index contributed by atoms with van der Waals surface area (Å²) in [5, 5.41) is 14.1. The summed E-state index contributed by atoms with van der Waals surface area (Å²) in [4.78, 5) is 19.3. The summed E-state index contributed by atoms with van der Waals surface area (Å²) in [6.45, 7) is 0. The lowest BCUT2D eigenvalue weighted by Gasteiger charge is -1.99. The molecule has 0 fully saturated rings. The summed E-state index contributed by atoms with van der Waals surface area (Å²) in [6.07, 6.45) is 1.40. The Bertz CT molecular complexity index is 827. The first-order valence-corrected chi connectivity index (χ1v) is 7.88. The molecular weight excluding hydrogens is 312 g/mol. The maximum absolute atomic E-state index is 11.8. The number of imidazole rings is 1. The van der Waals surface area contributed by atoms with Crippen LogP contribution in [0.5, 0.6) is 5.75 Å². The number of hydrogen-bond donors (Lipinski definition) is 3. The van der Waals surface area contributed by atoms with Gasteiger partial charge in [-0.15, -0.1) is 0 Å². The molecule has 0 aliphatic carbocycles. The summed E-state index contributed by atoms with van der Waals surface area (Å²) in [5.41, 5.74) is 4.77. The molecule has 116 valence electrons. The van der Waals surface area contributed by atoms with Gasteiger partial charge in [-0.25, -0.2) is 10.4 Å². The van der Waals surface area contributed by atoms with Gasteiger partial charge in [0.15, 0.2) is 5.16 Å². The maximum Gasteiger partial charge on any atom is 0.250 e. The van der Waals surface area contributed by atoms with Crippen LogP contribution in [0.25, 0.3) is 11.0 Å². The van der Waals surface area contributed by atoms with E-state index in [2.05, 4.69) is 20.5 Å². The van der Waals surface area contributed by atoms with E-state index in [0.29, 0.717) is 10.7 Å². The third-order valence-corrected chi connectivity index (χ3v) is 3.91. The summed E-state index contributed by atoms with van der Waals surface area (Å²) in [5.74, 6) is 0.0575. The van der Waals surface area contributed by atoms with Crippen LogP contribution in [0.3, 0.4) is 0 Å². The van der Waals surface area contributed by atoms with Crippen molar-refractivity contribution in [3.63, 3.8) is 0 Å². The van der Waals surface area contributed by atoms with Gasteiger partial charge < -0.3 is 10.1 Å². The largest absolute Gasteiger partial charge is 0.507 e. The predicted octanol–water partition coefficient (Wildman–Crippen LogP) is 2.51. The lowest BCUT2D eigenvalue weighted by Crippen LogP contribution is -2.19. The van der Waals surface area contributed by atoms with Gasteiger partial charge >= 0.3 is 0 Å². The lowest BCUT2D eigenvalue weighted by atomic mass is 10.2. The Labute approximate surface area is 136 Å². The second-order valence-corrected chi connectivity index (χ2v) is 5.66. The molecule has 0 atom stereocenters. The minimum Gasteiger partial charge on any atom is -0.507 e. The zero-order valence-electron chi connectivity index (χ0n) is 12.1. The molecule has 23 heavy (non-hydrogen) atoms. The first-order valence-electron chi connectivity index (χ1n) is 6.90. The summed E-state index contributed by atoms with van der Waals surface area (Å²) in [6, 6.07) is 14.4.